The lowest BCUT2D eigenvalue weighted by Gasteiger charge is -2.22. The van der Waals surface area contributed by atoms with Crippen LogP contribution in [0.1, 0.15) is 35.1 Å². The Labute approximate surface area is 177 Å². The highest BCUT2D eigenvalue weighted by atomic mass is 32.1. The molecule has 2 aromatic carbocycles. The molecule has 29 heavy (non-hydrogen) atoms. The first-order chi connectivity index (χ1) is 14.2. The summed E-state index contributed by atoms with van der Waals surface area (Å²) in [5.74, 6) is -0.0983. The van der Waals surface area contributed by atoms with Crippen LogP contribution in [-0.2, 0) is 11.2 Å². The number of aryl methyl sites for hydroxylation is 1. The molecule has 1 unspecified atom stereocenters. The Balaban J connectivity index is 1.56. The van der Waals surface area contributed by atoms with Crippen molar-refractivity contribution in [1.29, 1.82) is 0 Å². The summed E-state index contributed by atoms with van der Waals surface area (Å²) < 4.78 is 7.96. The maximum atomic E-state index is 13.5. The molecule has 0 aliphatic carbocycles. The third-order valence-electron chi connectivity index (χ3n) is 5.24. The maximum Gasteiger partial charge on any atom is 0.289 e. The highest BCUT2D eigenvalue weighted by molar-refractivity contribution is 7.23. The molecule has 1 amide bonds. The number of carbonyl (C=O) groups excluding carboxylic acids is 1. The van der Waals surface area contributed by atoms with Gasteiger partial charge in [0.25, 0.3) is 5.91 Å². The van der Waals surface area contributed by atoms with Crippen molar-refractivity contribution in [1.82, 2.24) is 9.97 Å². The van der Waals surface area contributed by atoms with E-state index in [9.17, 15) is 4.79 Å². The van der Waals surface area contributed by atoms with Gasteiger partial charge >= 0.3 is 0 Å². The molecule has 1 fully saturated rings. The van der Waals surface area contributed by atoms with Crippen molar-refractivity contribution in [2.75, 3.05) is 18.1 Å². The Morgan fingerprint density at radius 3 is 2.79 bits per heavy atom. The number of benzene rings is 2. The van der Waals surface area contributed by atoms with Gasteiger partial charge in [0.2, 0.25) is 0 Å². The topological polar surface area (TPSA) is 55.3 Å². The van der Waals surface area contributed by atoms with E-state index in [1.807, 2.05) is 24.3 Å². The zero-order chi connectivity index (χ0) is 19.8. The number of hydrogen-bond acceptors (Lipinski definition) is 6. The average molecular weight is 424 g/mol. The molecule has 7 heteroatoms. The van der Waals surface area contributed by atoms with Crippen LogP contribution in [0.5, 0.6) is 0 Å². The van der Waals surface area contributed by atoms with Gasteiger partial charge in [-0.05, 0) is 43.0 Å². The monoisotopic (exact) mass is 423 g/mol. The SMILES string of the molecule is CCc1cccc2sc(N(CC3CCCO3)C(=O)c3nc4ccccc4s3)nc12. The third kappa shape index (κ3) is 3.54. The first-order valence-electron chi connectivity index (χ1n) is 9.90. The Kier molecular flexibility index (Phi) is 5.03. The molecule has 1 saturated heterocycles. The van der Waals surface area contributed by atoms with Gasteiger partial charge in [-0.25, -0.2) is 9.97 Å². The Morgan fingerprint density at radius 2 is 2.00 bits per heavy atom. The van der Waals surface area contributed by atoms with E-state index in [0.29, 0.717) is 11.6 Å². The number of aromatic nitrogens is 2. The van der Waals surface area contributed by atoms with Crippen LogP contribution >= 0.6 is 22.7 Å². The highest BCUT2D eigenvalue weighted by Gasteiger charge is 2.29. The van der Waals surface area contributed by atoms with E-state index in [1.165, 1.54) is 16.9 Å². The number of rotatable bonds is 5. The number of para-hydroxylation sites is 2. The lowest BCUT2D eigenvalue weighted by atomic mass is 10.1. The summed E-state index contributed by atoms with van der Waals surface area (Å²) in [4.78, 5) is 24.8. The Morgan fingerprint density at radius 1 is 1.14 bits per heavy atom. The van der Waals surface area contributed by atoms with E-state index >= 15 is 0 Å². The first-order valence-corrected chi connectivity index (χ1v) is 11.5. The molecule has 4 aromatic rings. The molecule has 3 heterocycles. The fraction of sp³-hybridized carbons (Fsp3) is 0.318. The van der Waals surface area contributed by atoms with Crippen molar-refractivity contribution in [2.45, 2.75) is 32.3 Å². The highest BCUT2D eigenvalue weighted by Crippen LogP contribution is 2.33. The second-order valence-electron chi connectivity index (χ2n) is 7.15. The summed E-state index contributed by atoms with van der Waals surface area (Å²) in [6.45, 7) is 3.40. The first kappa shape index (κ1) is 18.7. The molecule has 148 valence electrons. The van der Waals surface area contributed by atoms with Crippen molar-refractivity contribution < 1.29 is 9.53 Å². The molecule has 1 aliphatic heterocycles. The molecular weight excluding hydrogens is 402 g/mol. The van der Waals surface area contributed by atoms with Gasteiger partial charge in [0, 0.05) is 6.61 Å². The van der Waals surface area contributed by atoms with Crippen LogP contribution in [0.15, 0.2) is 42.5 Å². The van der Waals surface area contributed by atoms with Crippen molar-refractivity contribution in [3.63, 3.8) is 0 Å². The van der Waals surface area contributed by atoms with Gasteiger partial charge in [0.1, 0.15) is 0 Å². The number of hydrogen-bond donors (Lipinski definition) is 0. The molecular formula is C22H21N3O2S2. The van der Waals surface area contributed by atoms with Gasteiger partial charge in [-0.3, -0.25) is 9.69 Å². The predicted molar refractivity (Wildman–Crippen MR) is 119 cm³/mol. The van der Waals surface area contributed by atoms with Crippen LogP contribution in [0.4, 0.5) is 5.13 Å². The molecule has 0 spiro atoms. The number of fused-ring (bicyclic) bond motifs is 2. The molecule has 2 aromatic heterocycles. The zero-order valence-corrected chi connectivity index (χ0v) is 17.8. The summed E-state index contributed by atoms with van der Waals surface area (Å²) in [5, 5.41) is 1.22. The molecule has 1 atom stereocenters. The maximum absolute atomic E-state index is 13.5. The number of anilines is 1. The van der Waals surface area contributed by atoms with E-state index in [4.69, 9.17) is 9.72 Å². The minimum atomic E-state index is -0.0983. The van der Waals surface area contributed by atoms with Gasteiger partial charge < -0.3 is 4.74 Å². The van der Waals surface area contributed by atoms with Gasteiger partial charge in [0.05, 0.1) is 33.1 Å². The van der Waals surface area contributed by atoms with E-state index in [1.54, 1.807) is 16.2 Å². The fourth-order valence-electron chi connectivity index (χ4n) is 3.71. The van der Waals surface area contributed by atoms with Gasteiger partial charge in [-0.2, -0.15) is 0 Å². The molecule has 5 nitrogen and oxygen atoms in total. The van der Waals surface area contributed by atoms with E-state index < -0.39 is 0 Å². The largest absolute Gasteiger partial charge is 0.376 e. The van der Waals surface area contributed by atoms with Gasteiger partial charge in [0.15, 0.2) is 10.1 Å². The van der Waals surface area contributed by atoms with Crippen LogP contribution in [0, 0.1) is 0 Å². The standard InChI is InChI=1S/C22H21N3O2S2/c1-2-14-7-5-11-18-19(14)24-22(29-18)25(13-15-8-6-12-27-15)21(26)20-23-16-9-3-4-10-17(16)28-20/h3-5,7,9-11,15H,2,6,8,12-13H2,1H3. The van der Waals surface area contributed by atoms with E-state index in [2.05, 4.69) is 30.1 Å². The number of thiazole rings is 2. The molecule has 5 rings (SSSR count). The second kappa shape index (κ2) is 7.82. The number of carbonyl (C=O) groups is 1. The van der Waals surface area contributed by atoms with Crippen molar-refractivity contribution in [3.8, 4) is 0 Å². The lowest BCUT2D eigenvalue weighted by molar-refractivity contribution is 0.0917. The summed E-state index contributed by atoms with van der Waals surface area (Å²) in [6, 6.07) is 14.1. The van der Waals surface area contributed by atoms with Gasteiger partial charge in [-0.15, -0.1) is 11.3 Å². The Hall–Kier alpha value is -2.35. The second-order valence-corrected chi connectivity index (χ2v) is 9.19. The zero-order valence-electron chi connectivity index (χ0n) is 16.1. The minimum absolute atomic E-state index is 0.0472. The van der Waals surface area contributed by atoms with E-state index in [0.717, 1.165) is 51.4 Å². The van der Waals surface area contributed by atoms with Crippen LogP contribution in [-0.4, -0.2) is 35.1 Å². The van der Waals surface area contributed by atoms with Crippen molar-refractivity contribution in [3.05, 3.63) is 53.0 Å². The molecule has 0 bridgehead atoms. The summed E-state index contributed by atoms with van der Waals surface area (Å²) in [6.07, 6.45) is 2.96. The number of ether oxygens (including phenoxy) is 1. The third-order valence-corrected chi connectivity index (χ3v) is 7.30. The molecule has 0 saturated carbocycles. The van der Waals surface area contributed by atoms with Gasteiger partial charge in [-0.1, -0.05) is 42.5 Å². The molecule has 0 radical (unpaired) electrons. The summed E-state index contributed by atoms with van der Waals surface area (Å²) in [7, 11) is 0. The molecule has 0 N–H and O–H groups in total. The summed E-state index contributed by atoms with van der Waals surface area (Å²) >= 11 is 3.00. The van der Waals surface area contributed by atoms with Crippen LogP contribution in [0.3, 0.4) is 0 Å². The van der Waals surface area contributed by atoms with Crippen molar-refractivity contribution in [2.24, 2.45) is 0 Å². The van der Waals surface area contributed by atoms with Crippen LogP contribution in [0.2, 0.25) is 0 Å². The average Bonchev–Trinajstić information content (AvgIpc) is 3.49. The number of amides is 1. The summed E-state index contributed by atoms with van der Waals surface area (Å²) in [5.41, 5.74) is 3.05. The molecule has 1 aliphatic rings. The normalized spacial score (nSPS) is 16.7. The Bertz CT molecular complexity index is 1140. The van der Waals surface area contributed by atoms with Crippen LogP contribution < -0.4 is 4.90 Å². The minimum Gasteiger partial charge on any atom is -0.376 e. The number of nitrogens with zero attached hydrogens (tertiary/aromatic N) is 3. The van der Waals surface area contributed by atoms with E-state index in [-0.39, 0.29) is 12.0 Å². The smallest absolute Gasteiger partial charge is 0.289 e. The lowest BCUT2D eigenvalue weighted by Crippen LogP contribution is -2.37. The predicted octanol–water partition coefficient (Wildman–Crippen LogP) is 5.29. The van der Waals surface area contributed by atoms with Crippen molar-refractivity contribution >= 4 is 54.1 Å². The van der Waals surface area contributed by atoms with Crippen LogP contribution in [0.25, 0.3) is 20.4 Å². The fourth-order valence-corrected chi connectivity index (χ4v) is 5.65. The quantitative estimate of drug-likeness (QED) is 0.437.